The van der Waals surface area contributed by atoms with Gasteiger partial charge in [-0.1, -0.05) is 18.2 Å². The average molecular weight is 493 g/mol. The Morgan fingerprint density at radius 2 is 1.57 bits per heavy atom. The van der Waals surface area contributed by atoms with Gasteiger partial charge in [0.2, 0.25) is 0 Å². The lowest BCUT2D eigenvalue weighted by atomic mass is 10.1. The van der Waals surface area contributed by atoms with Crippen molar-refractivity contribution in [2.45, 2.75) is 6.54 Å². The molecule has 0 radical (unpaired) electrons. The van der Waals surface area contributed by atoms with Gasteiger partial charge < -0.3 is 19.9 Å². The lowest BCUT2D eigenvalue weighted by molar-refractivity contribution is 0.0600. The molecule has 0 fully saturated rings. The number of aryl methyl sites for hydroxylation is 1. The Kier molecular flexibility index (Phi) is 6.38. The Morgan fingerprint density at radius 1 is 0.811 bits per heavy atom. The molecule has 3 aromatic carbocycles. The first-order valence-corrected chi connectivity index (χ1v) is 11.6. The fourth-order valence-corrected chi connectivity index (χ4v) is 4.40. The maximum atomic E-state index is 13.0. The fraction of sp³-hybridized carbons (Fsp3) is 0.103. The van der Waals surface area contributed by atoms with Crippen LogP contribution in [0.15, 0.2) is 85.2 Å². The zero-order valence-electron chi connectivity index (χ0n) is 20.3. The molecule has 0 saturated heterocycles. The number of carbonyl (C=O) groups is 3. The molecule has 0 aliphatic heterocycles. The number of nitrogens with one attached hydrogen (secondary N) is 2. The third-order valence-electron chi connectivity index (χ3n) is 6.24. The summed E-state index contributed by atoms with van der Waals surface area (Å²) >= 11 is 0. The number of esters is 1. The zero-order chi connectivity index (χ0) is 25.9. The summed E-state index contributed by atoms with van der Waals surface area (Å²) in [5.41, 5.74) is 4.39. The van der Waals surface area contributed by atoms with Crippen LogP contribution >= 0.6 is 0 Å². The van der Waals surface area contributed by atoms with Crippen molar-refractivity contribution in [2.75, 3.05) is 12.4 Å². The molecule has 0 aliphatic carbocycles. The number of anilines is 1. The predicted molar refractivity (Wildman–Crippen MR) is 142 cm³/mol. The minimum atomic E-state index is -0.547. The van der Waals surface area contributed by atoms with Crippen molar-refractivity contribution < 1.29 is 19.1 Å². The summed E-state index contributed by atoms with van der Waals surface area (Å²) in [5.74, 6) is -1.14. The highest BCUT2D eigenvalue weighted by Crippen LogP contribution is 2.28. The van der Waals surface area contributed by atoms with Crippen molar-refractivity contribution in [3.8, 4) is 0 Å². The number of fused-ring (bicyclic) bond motifs is 3. The molecular formula is C29H24N4O4. The SMILES string of the molecule is COC(=O)c1cc(CNC(=O)c2ccc3c(c2)c2ccccc2n3C)cc(NC(=O)c2ccncc2)c1. The van der Waals surface area contributed by atoms with E-state index in [9.17, 15) is 14.4 Å². The van der Waals surface area contributed by atoms with Gasteiger partial charge in [0.05, 0.1) is 12.7 Å². The monoisotopic (exact) mass is 492 g/mol. The van der Waals surface area contributed by atoms with Crippen LogP contribution in [0.25, 0.3) is 21.8 Å². The number of hydrogen-bond acceptors (Lipinski definition) is 5. The van der Waals surface area contributed by atoms with Crippen LogP contribution in [0.1, 0.15) is 36.6 Å². The lowest BCUT2D eigenvalue weighted by Crippen LogP contribution is -2.23. The van der Waals surface area contributed by atoms with Gasteiger partial charge in [-0.05, 0) is 60.2 Å². The number of para-hydroxylation sites is 1. The van der Waals surface area contributed by atoms with Crippen molar-refractivity contribution in [3.05, 3.63) is 107 Å². The average Bonchev–Trinajstić information content (AvgIpc) is 3.23. The highest BCUT2D eigenvalue weighted by Gasteiger charge is 2.14. The van der Waals surface area contributed by atoms with Gasteiger partial charge in [0.1, 0.15) is 0 Å². The Hall–Kier alpha value is -4.98. The molecule has 2 N–H and O–H groups in total. The summed E-state index contributed by atoms with van der Waals surface area (Å²) in [7, 11) is 3.29. The van der Waals surface area contributed by atoms with Gasteiger partial charge in [-0.3, -0.25) is 14.6 Å². The smallest absolute Gasteiger partial charge is 0.337 e. The standard InChI is InChI=1S/C29H24N4O4/c1-33-25-6-4-3-5-23(25)24-16-20(7-8-26(24)33)27(34)31-17-18-13-21(29(36)37-2)15-22(14-18)32-28(35)19-9-11-30-12-10-19/h3-16H,17H2,1-2H3,(H,31,34)(H,32,35). The van der Waals surface area contributed by atoms with Crippen LogP contribution in [0.3, 0.4) is 0 Å². The number of rotatable bonds is 6. The van der Waals surface area contributed by atoms with Crippen LogP contribution in [0.4, 0.5) is 5.69 Å². The maximum Gasteiger partial charge on any atom is 0.337 e. The zero-order valence-corrected chi connectivity index (χ0v) is 20.3. The summed E-state index contributed by atoms with van der Waals surface area (Å²) in [4.78, 5) is 41.8. The van der Waals surface area contributed by atoms with E-state index >= 15 is 0 Å². The molecule has 37 heavy (non-hydrogen) atoms. The maximum absolute atomic E-state index is 13.0. The summed E-state index contributed by atoms with van der Waals surface area (Å²) in [6, 6.07) is 21.7. The highest BCUT2D eigenvalue weighted by molar-refractivity contribution is 6.10. The number of benzene rings is 3. The van der Waals surface area contributed by atoms with Gasteiger partial charge >= 0.3 is 5.97 Å². The lowest BCUT2D eigenvalue weighted by Gasteiger charge is -2.12. The highest BCUT2D eigenvalue weighted by atomic mass is 16.5. The molecule has 0 saturated carbocycles. The van der Waals surface area contributed by atoms with E-state index in [1.165, 1.54) is 25.6 Å². The molecule has 184 valence electrons. The van der Waals surface area contributed by atoms with Crippen LogP contribution in [-0.4, -0.2) is 34.4 Å². The second-order valence-electron chi connectivity index (χ2n) is 8.59. The molecule has 0 aliphatic rings. The van der Waals surface area contributed by atoms with E-state index in [1.54, 1.807) is 30.3 Å². The van der Waals surface area contributed by atoms with Crippen LogP contribution < -0.4 is 10.6 Å². The quantitative estimate of drug-likeness (QED) is 0.335. The molecule has 8 heteroatoms. The predicted octanol–water partition coefficient (Wildman–Crippen LogP) is 4.70. The molecule has 2 heterocycles. The van der Waals surface area contributed by atoms with Gasteiger partial charge in [-0.25, -0.2) is 4.79 Å². The van der Waals surface area contributed by atoms with Crippen LogP contribution in [0.5, 0.6) is 0 Å². The largest absolute Gasteiger partial charge is 0.465 e. The number of pyridine rings is 1. The second-order valence-corrected chi connectivity index (χ2v) is 8.59. The Labute approximate surface area is 212 Å². The fourth-order valence-electron chi connectivity index (χ4n) is 4.40. The third kappa shape index (κ3) is 4.77. The molecule has 2 aromatic heterocycles. The Balaban J connectivity index is 1.38. The molecule has 5 rings (SSSR count). The molecule has 5 aromatic rings. The first-order chi connectivity index (χ1) is 17.9. The van der Waals surface area contributed by atoms with Crippen LogP contribution in [0.2, 0.25) is 0 Å². The number of amides is 2. The van der Waals surface area contributed by atoms with Crippen LogP contribution in [-0.2, 0) is 18.3 Å². The van der Waals surface area contributed by atoms with Crippen molar-refractivity contribution in [3.63, 3.8) is 0 Å². The van der Waals surface area contributed by atoms with Gasteiger partial charge in [0.25, 0.3) is 11.8 Å². The summed E-state index contributed by atoms with van der Waals surface area (Å²) in [5, 5.41) is 7.78. The number of hydrogen-bond donors (Lipinski definition) is 2. The minimum Gasteiger partial charge on any atom is -0.465 e. The summed E-state index contributed by atoms with van der Waals surface area (Å²) < 4.78 is 6.96. The summed E-state index contributed by atoms with van der Waals surface area (Å²) in [6.07, 6.45) is 3.05. The van der Waals surface area contributed by atoms with Crippen molar-refractivity contribution in [1.82, 2.24) is 14.9 Å². The Bertz CT molecular complexity index is 1660. The second kappa shape index (κ2) is 9.94. The molecule has 0 atom stereocenters. The molecule has 2 amide bonds. The van der Waals surface area contributed by atoms with Gasteiger partial charge in [0.15, 0.2) is 0 Å². The van der Waals surface area contributed by atoms with E-state index < -0.39 is 5.97 Å². The topological polar surface area (TPSA) is 102 Å². The molecular weight excluding hydrogens is 468 g/mol. The van der Waals surface area contributed by atoms with E-state index in [2.05, 4.69) is 26.3 Å². The van der Waals surface area contributed by atoms with E-state index in [0.29, 0.717) is 22.4 Å². The molecule has 0 unspecified atom stereocenters. The van der Waals surface area contributed by atoms with Crippen LogP contribution in [0, 0.1) is 0 Å². The van der Waals surface area contributed by atoms with Crippen molar-refractivity contribution in [1.29, 1.82) is 0 Å². The summed E-state index contributed by atoms with van der Waals surface area (Å²) in [6.45, 7) is 0.148. The first kappa shape index (κ1) is 23.7. The van der Waals surface area contributed by atoms with Gasteiger partial charge in [0, 0.05) is 64.6 Å². The van der Waals surface area contributed by atoms with Crippen molar-refractivity contribution in [2.24, 2.45) is 7.05 Å². The molecule has 0 bridgehead atoms. The number of aromatic nitrogens is 2. The Morgan fingerprint density at radius 3 is 2.35 bits per heavy atom. The molecule has 8 nitrogen and oxygen atoms in total. The van der Waals surface area contributed by atoms with Gasteiger partial charge in [-0.2, -0.15) is 0 Å². The van der Waals surface area contributed by atoms with E-state index in [4.69, 9.17) is 4.74 Å². The van der Waals surface area contributed by atoms with Gasteiger partial charge in [-0.15, -0.1) is 0 Å². The first-order valence-electron chi connectivity index (χ1n) is 11.6. The van der Waals surface area contributed by atoms with E-state index in [-0.39, 0.29) is 23.9 Å². The number of nitrogens with zero attached hydrogens (tertiary/aromatic N) is 2. The minimum absolute atomic E-state index is 0.148. The number of methoxy groups -OCH3 is 1. The normalized spacial score (nSPS) is 10.9. The van der Waals surface area contributed by atoms with E-state index in [1.807, 2.05) is 37.4 Å². The van der Waals surface area contributed by atoms with E-state index in [0.717, 1.165) is 21.8 Å². The van der Waals surface area contributed by atoms with Crippen molar-refractivity contribution >= 4 is 45.3 Å². The molecule has 0 spiro atoms. The third-order valence-corrected chi connectivity index (χ3v) is 6.24. The number of carbonyl (C=O) groups excluding carboxylic acids is 3. The number of ether oxygens (including phenoxy) is 1.